The zero-order valence-electron chi connectivity index (χ0n) is 13.6. The van der Waals surface area contributed by atoms with Crippen molar-refractivity contribution in [1.82, 2.24) is 10.2 Å². The van der Waals surface area contributed by atoms with Crippen LogP contribution in [0.1, 0.15) is 6.42 Å². The Labute approximate surface area is 154 Å². The van der Waals surface area contributed by atoms with E-state index in [2.05, 4.69) is 10.2 Å². The lowest BCUT2D eigenvalue weighted by molar-refractivity contribution is -0.133. The summed E-state index contributed by atoms with van der Waals surface area (Å²) in [6, 6.07) is 6.39. The third-order valence-corrected chi connectivity index (χ3v) is 4.51. The van der Waals surface area contributed by atoms with Crippen molar-refractivity contribution in [2.75, 3.05) is 44.7 Å². The minimum absolute atomic E-state index is 0. The lowest BCUT2D eigenvalue weighted by Gasteiger charge is -2.37. The smallest absolute Gasteiger partial charge is 0.239 e. The van der Waals surface area contributed by atoms with E-state index in [4.69, 9.17) is 4.74 Å². The highest BCUT2D eigenvalue weighted by Crippen LogP contribution is 2.18. The van der Waals surface area contributed by atoms with Gasteiger partial charge in [-0.25, -0.2) is 4.39 Å². The van der Waals surface area contributed by atoms with Gasteiger partial charge in [0.05, 0.1) is 12.1 Å². The maximum absolute atomic E-state index is 13.0. The Balaban J connectivity index is 0.00000144. The molecule has 24 heavy (non-hydrogen) atoms. The fraction of sp³-hybridized carbons (Fsp3) is 0.562. The molecule has 136 valence electrons. The number of nitrogens with one attached hydrogen (secondary N) is 1. The SMILES string of the molecule is CO[C@@H]1CN[C@H](C(=O)N2CCN(c3ccc(F)cc3)CC2)C1.Cl.Cl. The maximum Gasteiger partial charge on any atom is 0.239 e. The Hall–Kier alpha value is -1.08. The Bertz CT molecular complexity index is 525. The van der Waals surface area contributed by atoms with Crippen molar-refractivity contribution in [2.24, 2.45) is 0 Å². The number of carbonyl (C=O) groups is 1. The summed E-state index contributed by atoms with van der Waals surface area (Å²) in [5, 5.41) is 3.23. The Morgan fingerprint density at radius 2 is 1.79 bits per heavy atom. The van der Waals surface area contributed by atoms with Crippen molar-refractivity contribution < 1.29 is 13.9 Å². The third-order valence-electron chi connectivity index (χ3n) is 4.51. The summed E-state index contributed by atoms with van der Waals surface area (Å²) in [7, 11) is 1.68. The fourth-order valence-electron chi connectivity index (χ4n) is 3.13. The summed E-state index contributed by atoms with van der Waals surface area (Å²) in [5.74, 6) is -0.0594. The number of ether oxygens (including phenoxy) is 1. The summed E-state index contributed by atoms with van der Waals surface area (Å²) in [5.41, 5.74) is 1.01. The molecule has 2 heterocycles. The first-order valence-electron chi connectivity index (χ1n) is 7.73. The molecule has 5 nitrogen and oxygen atoms in total. The van der Waals surface area contributed by atoms with Crippen molar-refractivity contribution in [3.05, 3.63) is 30.1 Å². The molecule has 1 aromatic carbocycles. The van der Waals surface area contributed by atoms with E-state index in [1.807, 2.05) is 4.90 Å². The second-order valence-electron chi connectivity index (χ2n) is 5.84. The molecular formula is C16H24Cl2FN3O2. The second kappa shape index (κ2) is 9.42. The number of carbonyl (C=O) groups excluding carboxylic acids is 1. The minimum Gasteiger partial charge on any atom is -0.380 e. The molecule has 1 aromatic rings. The number of nitrogens with zero attached hydrogens (tertiary/aromatic N) is 2. The molecule has 2 aliphatic rings. The van der Waals surface area contributed by atoms with E-state index in [1.165, 1.54) is 12.1 Å². The monoisotopic (exact) mass is 379 g/mol. The predicted molar refractivity (Wildman–Crippen MR) is 96.9 cm³/mol. The fourth-order valence-corrected chi connectivity index (χ4v) is 3.13. The van der Waals surface area contributed by atoms with E-state index in [0.29, 0.717) is 13.1 Å². The largest absolute Gasteiger partial charge is 0.380 e. The van der Waals surface area contributed by atoms with Gasteiger partial charge in [-0.1, -0.05) is 0 Å². The Kier molecular flexibility index (Phi) is 8.22. The number of halogens is 3. The molecule has 2 aliphatic heterocycles. The molecule has 0 aliphatic carbocycles. The van der Waals surface area contributed by atoms with E-state index in [-0.39, 0.29) is 48.7 Å². The van der Waals surface area contributed by atoms with Gasteiger partial charge in [0.1, 0.15) is 5.82 Å². The van der Waals surface area contributed by atoms with Crippen LogP contribution in [0, 0.1) is 5.82 Å². The van der Waals surface area contributed by atoms with Crippen LogP contribution in [-0.2, 0) is 9.53 Å². The maximum atomic E-state index is 13.0. The zero-order valence-corrected chi connectivity index (χ0v) is 15.2. The van der Waals surface area contributed by atoms with Gasteiger partial charge in [-0.05, 0) is 30.7 Å². The number of hydrogen-bond acceptors (Lipinski definition) is 4. The highest BCUT2D eigenvalue weighted by atomic mass is 35.5. The predicted octanol–water partition coefficient (Wildman–Crippen LogP) is 1.69. The molecular weight excluding hydrogens is 356 g/mol. The van der Waals surface area contributed by atoms with E-state index < -0.39 is 0 Å². The van der Waals surface area contributed by atoms with Crippen LogP contribution in [0.3, 0.4) is 0 Å². The van der Waals surface area contributed by atoms with Gasteiger partial charge in [0.2, 0.25) is 5.91 Å². The molecule has 0 radical (unpaired) electrons. The number of rotatable bonds is 3. The number of methoxy groups -OCH3 is 1. The number of amides is 1. The molecule has 0 bridgehead atoms. The molecule has 2 atom stereocenters. The lowest BCUT2D eigenvalue weighted by atomic mass is 10.1. The summed E-state index contributed by atoms with van der Waals surface area (Å²) in [6.45, 7) is 3.69. The molecule has 2 fully saturated rings. The van der Waals surface area contributed by atoms with Gasteiger partial charge < -0.3 is 19.9 Å². The number of hydrogen-bond donors (Lipinski definition) is 1. The van der Waals surface area contributed by atoms with Crippen molar-refractivity contribution >= 4 is 36.4 Å². The number of piperazine rings is 1. The van der Waals surface area contributed by atoms with Gasteiger partial charge in [-0.2, -0.15) is 0 Å². The first-order valence-corrected chi connectivity index (χ1v) is 7.73. The molecule has 2 saturated heterocycles. The molecule has 0 saturated carbocycles. The summed E-state index contributed by atoms with van der Waals surface area (Å²) >= 11 is 0. The van der Waals surface area contributed by atoms with E-state index >= 15 is 0 Å². The van der Waals surface area contributed by atoms with Gasteiger partial charge >= 0.3 is 0 Å². The molecule has 0 spiro atoms. The van der Waals surface area contributed by atoms with Crippen molar-refractivity contribution in [2.45, 2.75) is 18.6 Å². The molecule has 3 rings (SSSR count). The first-order chi connectivity index (χ1) is 10.7. The van der Waals surface area contributed by atoms with Crippen LogP contribution >= 0.6 is 24.8 Å². The van der Waals surface area contributed by atoms with Gasteiger partial charge in [-0.15, -0.1) is 24.8 Å². The molecule has 0 aromatic heterocycles. The van der Waals surface area contributed by atoms with E-state index in [0.717, 1.165) is 31.7 Å². The number of anilines is 1. The zero-order chi connectivity index (χ0) is 15.5. The molecule has 0 unspecified atom stereocenters. The van der Waals surface area contributed by atoms with E-state index in [1.54, 1.807) is 19.2 Å². The van der Waals surface area contributed by atoms with Crippen LogP contribution in [0.15, 0.2) is 24.3 Å². The molecule has 8 heteroatoms. The average Bonchev–Trinajstić information content (AvgIpc) is 3.04. The highest BCUT2D eigenvalue weighted by Gasteiger charge is 2.33. The summed E-state index contributed by atoms with van der Waals surface area (Å²) in [6.07, 6.45) is 0.877. The van der Waals surface area contributed by atoms with Crippen LogP contribution in [0.4, 0.5) is 10.1 Å². The van der Waals surface area contributed by atoms with Gasteiger partial charge in [-0.3, -0.25) is 4.79 Å². The second-order valence-corrected chi connectivity index (χ2v) is 5.84. The molecule has 1 amide bonds. The van der Waals surface area contributed by atoms with Gasteiger partial charge in [0.15, 0.2) is 0 Å². The van der Waals surface area contributed by atoms with Crippen LogP contribution in [0.2, 0.25) is 0 Å². The first kappa shape index (κ1) is 21.0. The summed E-state index contributed by atoms with van der Waals surface area (Å²) in [4.78, 5) is 16.6. The highest BCUT2D eigenvalue weighted by molar-refractivity contribution is 5.85. The summed E-state index contributed by atoms with van der Waals surface area (Å²) < 4.78 is 18.3. The van der Waals surface area contributed by atoms with Crippen LogP contribution in [0.25, 0.3) is 0 Å². The normalized spacial score (nSPS) is 23.4. The number of benzene rings is 1. The Morgan fingerprint density at radius 1 is 1.17 bits per heavy atom. The van der Waals surface area contributed by atoms with Crippen molar-refractivity contribution in [3.63, 3.8) is 0 Å². The molecule has 1 N–H and O–H groups in total. The standard InChI is InChI=1S/C16H22FN3O2.2ClH/c1-22-14-10-15(18-11-14)16(21)20-8-6-19(7-9-20)13-4-2-12(17)3-5-13;;/h2-5,14-15,18H,6-11H2,1H3;2*1H/t14-,15-;;/m0../s1. The minimum atomic E-state index is -0.224. The van der Waals surface area contributed by atoms with Gasteiger partial charge in [0, 0.05) is 45.5 Å². The Morgan fingerprint density at radius 3 is 2.33 bits per heavy atom. The van der Waals surface area contributed by atoms with Gasteiger partial charge in [0.25, 0.3) is 0 Å². The topological polar surface area (TPSA) is 44.8 Å². The third kappa shape index (κ3) is 4.72. The van der Waals surface area contributed by atoms with E-state index in [9.17, 15) is 9.18 Å². The van der Waals surface area contributed by atoms with Crippen LogP contribution in [-0.4, -0.2) is 62.8 Å². The van der Waals surface area contributed by atoms with Crippen LogP contribution in [0.5, 0.6) is 0 Å². The average molecular weight is 380 g/mol. The lowest BCUT2D eigenvalue weighted by Crippen LogP contribution is -2.53. The van der Waals surface area contributed by atoms with Crippen LogP contribution < -0.4 is 10.2 Å². The quantitative estimate of drug-likeness (QED) is 0.867. The van der Waals surface area contributed by atoms with Crippen molar-refractivity contribution in [1.29, 1.82) is 0 Å². The van der Waals surface area contributed by atoms with Crippen molar-refractivity contribution in [3.8, 4) is 0 Å².